The first-order valence-corrected chi connectivity index (χ1v) is 8.44. The molecule has 2 heterocycles. The lowest BCUT2D eigenvalue weighted by atomic mass is 10.2. The monoisotopic (exact) mass is 374 g/mol. The summed E-state index contributed by atoms with van der Waals surface area (Å²) in [5, 5.41) is 0. The lowest BCUT2D eigenvalue weighted by Crippen LogP contribution is -2.49. The molecule has 0 N–H and O–H groups in total. The molecule has 3 rings (SSSR count). The zero-order chi connectivity index (χ0) is 16.4. The van der Waals surface area contributed by atoms with Crippen LogP contribution in [0.15, 0.2) is 34.9 Å². The highest BCUT2D eigenvalue weighted by Crippen LogP contribution is 2.19. The minimum Gasteiger partial charge on any atom is -0.352 e. The van der Waals surface area contributed by atoms with E-state index in [1.54, 1.807) is 6.20 Å². The molecule has 1 aliphatic rings. The molecule has 0 saturated carbocycles. The van der Waals surface area contributed by atoms with Gasteiger partial charge in [0, 0.05) is 42.4 Å². The van der Waals surface area contributed by atoms with Crippen LogP contribution in [0.25, 0.3) is 0 Å². The molecule has 1 amide bonds. The highest BCUT2D eigenvalue weighted by atomic mass is 79.9. The number of piperazine rings is 1. The highest BCUT2D eigenvalue weighted by Gasteiger charge is 2.23. The molecule has 1 aromatic carbocycles. The van der Waals surface area contributed by atoms with E-state index in [2.05, 4.69) is 30.8 Å². The van der Waals surface area contributed by atoms with Crippen molar-refractivity contribution in [1.82, 2.24) is 14.9 Å². The fraction of sp³-hybridized carbons (Fsp3) is 0.353. The van der Waals surface area contributed by atoms with Gasteiger partial charge in [-0.2, -0.15) is 0 Å². The van der Waals surface area contributed by atoms with Crippen molar-refractivity contribution < 1.29 is 4.79 Å². The van der Waals surface area contributed by atoms with Gasteiger partial charge < -0.3 is 9.80 Å². The molecule has 2 aromatic rings. The normalized spacial score (nSPS) is 14.9. The number of carbonyl (C=O) groups excluding carboxylic acids is 1. The van der Waals surface area contributed by atoms with Crippen molar-refractivity contribution in [3.8, 4) is 0 Å². The average molecular weight is 375 g/mol. The Kier molecular flexibility index (Phi) is 4.61. The van der Waals surface area contributed by atoms with E-state index in [9.17, 15) is 4.79 Å². The largest absolute Gasteiger partial charge is 0.352 e. The van der Waals surface area contributed by atoms with E-state index in [1.807, 2.05) is 43.0 Å². The van der Waals surface area contributed by atoms with E-state index < -0.39 is 0 Å². The smallest absolute Gasteiger partial charge is 0.253 e. The molecule has 1 aromatic heterocycles. The van der Waals surface area contributed by atoms with Gasteiger partial charge in [-0.25, -0.2) is 4.98 Å². The minimum absolute atomic E-state index is 0.0872. The summed E-state index contributed by atoms with van der Waals surface area (Å²) in [4.78, 5) is 25.6. The van der Waals surface area contributed by atoms with Crippen molar-refractivity contribution in [1.29, 1.82) is 0 Å². The van der Waals surface area contributed by atoms with Crippen LogP contribution in [0.5, 0.6) is 0 Å². The van der Waals surface area contributed by atoms with E-state index in [0.29, 0.717) is 13.1 Å². The summed E-state index contributed by atoms with van der Waals surface area (Å²) in [5.41, 5.74) is 2.58. The van der Waals surface area contributed by atoms with Crippen LogP contribution < -0.4 is 4.90 Å². The first-order valence-electron chi connectivity index (χ1n) is 7.64. The zero-order valence-corrected chi connectivity index (χ0v) is 14.9. The lowest BCUT2D eigenvalue weighted by Gasteiger charge is -2.36. The topological polar surface area (TPSA) is 49.3 Å². The van der Waals surface area contributed by atoms with E-state index in [4.69, 9.17) is 0 Å². The number of hydrogen-bond acceptors (Lipinski definition) is 4. The van der Waals surface area contributed by atoms with Gasteiger partial charge in [0.25, 0.3) is 5.91 Å². The van der Waals surface area contributed by atoms with Crippen LogP contribution in [0.2, 0.25) is 0 Å². The number of rotatable bonds is 2. The summed E-state index contributed by atoms with van der Waals surface area (Å²) < 4.78 is 0.979. The second-order valence-corrected chi connectivity index (χ2v) is 6.62. The molecule has 6 heteroatoms. The standard InChI is InChI=1S/C17H19BrN4O/c1-12-11-19-13(2)16(20-12)21-7-9-22(10-8-21)17(23)14-3-5-15(18)6-4-14/h3-6,11H,7-10H2,1-2H3. The fourth-order valence-corrected chi connectivity index (χ4v) is 2.99. The number of aromatic nitrogens is 2. The molecule has 1 saturated heterocycles. The molecule has 0 unspecified atom stereocenters. The maximum absolute atomic E-state index is 12.5. The van der Waals surface area contributed by atoms with Gasteiger partial charge in [-0.1, -0.05) is 15.9 Å². The SMILES string of the molecule is Cc1cnc(C)c(N2CCN(C(=O)c3ccc(Br)cc3)CC2)n1. The van der Waals surface area contributed by atoms with Crippen molar-refractivity contribution in [2.45, 2.75) is 13.8 Å². The zero-order valence-electron chi connectivity index (χ0n) is 13.3. The van der Waals surface area contributed by atoms with E-state index >= 15 is 0 Å². The predicted octanol–water partition coefficient (Wildman–Crippen LogP) is 2.82. The molecule has 23 heavy (non-hydrogen) atoms. The lowest BCUT2D eigenvalue weighted by molar-refractivity contribution is 0.0746. The summed E-state index contributed by atoms with van der Waals surface area (Å²) in [6, 6.07) is 7.51. The van der Waals surface area contributed by atoms with Crippen LogP contribution in [-0.2, 0) is 0 Å². The van der Waals surface area contributed by atoms with Crippen LogP contribution >= 0.6 is 15.9 Å². The third-order valence-electron chi connectivity index (χ3n) is 4.01. The Bertz CT molecular complexity index is 709. The number of aryl methyl sites for hydroxylation is 2. The summed E-state index contributed by atoms with van der Waals surface area (Å²) in [5.74, 6) is 1.02. The van der Waals surface area contributed by atoms with Gasteiger partial charge in [0.05, 0.1) is 11.4 Å². The Labute approximate surface area is 144 Å². The first-order chi connectivity index (χ1) is 11.0. The minimum atomic E-state index is 0.0872. The van der Waals surface area contributed by atoms with E-state index in [1.165, 1.54) is 0 Å². The van der Waals surface area contributed by atoms with Crippen LogP contribution in [0.1, 0.15) is 21.7 Å². The van der Waals surface area contributed by atoms with Gasteiger partial charge in [-0.3, -0.25) is 9.78 Å². The molecule has 1 fully saturated rings. The highest BCUT2D eigenvalue weighted by molar-refractivity contribution is 9.10. The third kappa shape index (κ3) is 3.52. The van der Waals surface area contributed by atoms with Gasteiger partial charge in [-0.15, -0.1) is 0 Å². The van der Waals surface area contributed by atoms with Crippen molar-refractivity contribution in [2.75, 3.05) is 31.1 Å². The Morgan fingerprint density at radius 1 is 1.09 bits per heavy atom. The number of benzene rings is 1. The number of carbonyl (C=O) groups is 1. The van der Waals surface area contributed by atoms with Crippen LogP contribution in [0.3, 0.4) is 0 Å². The second-order valence-electron chi connectivity index (χ2n) is 5.71. The Morgan fingerprint density at radius 2 is 1.74 bits per heavy atom. The van der Waals surface area contributed by atoms with Gasteiger partial charge >= 0.3 is 0 Å². The summed E-state index contributed by atoms with van der Waals surface area (Å²) in [7, 11) is 0. The molecule has 0 atom stereocenters. The van der Waals surface area contributed by atoms with E-state index in [0.717, 1.165) is 40.3 Å². The number of nitrogens with zero attached hydrogens (tertiary/aromatic N) is 4. The Hall–Kier alpha value is -1.95. The fourth-order valence-electron chi connectivity index (χ4n) is 2.72. The van der Waals surface area contributed by atoms with Crippen molar-refractivity contribution in [2.24, 2.45) is 0 Å². The van der Waals surface area contributed by atoms with Crippen LogP contribution in [0.4, 0.5) is 5.82 Å². The van der Waals surface area contributed by atoms with E-state index in [-0.39, 0.29) is 5.91 Å². The summed E-state index contributed by atoms with van der Waals surface area (Å²) in [6.07, 6.45) is 1.78. The molecule has 0 radical (unpaired) electrons. The molecule has 0 bridgehead atoms. The van der Waals surface area contributed by atoms with Gasteiger partial charge in [0.2, 0.25) is 0 Å². The van der Waals surface area contributed by atoms with Crippen LogP contribution in [0, 0.1) is 13.8 Å². The quantitative estimate of drug-likeness (QED) is 0.810. The molecule has 5 nitrogen and oxygen atoms in total. The number of halogens is 1. The maximum atomic E-state index is 12.5. The molecule has 1 aliphatic heterocycles. The van der Waals surface area contributed by atoms with Gasteiger partial charge in [0.1, 0.15) is 5.82 Å². The summed E-state index contributed by atoms with van der Waals surface area (Å²) in [6.45, 7) is 6.88. The van der Waals surface area contributed by atoms with Crippen molar-refractivity contribution in [3.05, 3.63) is 51.9 Å². The number of anilines is 1. The second kappa shape index (κ2) is 6.66. The molecule has 120 valence electrons. The van der Waals surface area contributed by atoms with Gasteiger partial charge in [-0.05, 0) is 38.1 Å². The number of amides is 1. The van der Waals surface area contributed by atoms with Crippen LogP contribution in [-0.4, -0.2) is 47.0 Å². The molecule has 0 spiro atoms. The third-order valence-corrected chi connectivity index (χ3v) is 4.54. The molecule has 0 aliphatic carbocycles. The Morgan fingerprint density at radius 3 is 2.39 bits per heavy atom. The summed E-state index contributed by atoms with van der Waals surface area (Å²) >= 11 is 3.39. The van der Waals surface area contributed by atoms with Gasteiger partial charge in [0.15, 0.2) is 0 Å². The van der Waals surface area contributed by atoms with Crippen molar-refractivity contribution in [3.63, 3.8) is 0 Å². The predicted molar refractivity (Wildman–Crippen MR) is 93.8 cm³/mol. The first kappa shape index (κ1) is 15.9. The van der Waals surface area contributed by atoms with Crippen molar-refractivity contribution >= 4 is 27.7 Å². The maximum Gasteiger partial charge on any atom is 0.253 e. The average Bonchev–Trinajstić information content (AvgIpc) is 2.57. The molecular formula is C17H19BrN4O. The Balaban J connectivity index is 1.67. The molecular weight excluding hydrogens is 356 g/mol. The number of hydrogen-bond donors (Lipinski definition) is 0.